The molecule has 0 unspecified atom stereocenters. The molecule has 1 heterocycles. The van der Waals surface area contributed by atoms with E-state index in [0.29, 0.717) is 17.1 Å². The number of hydrogen-bond donors (Lipinski definition) is 1. The number of nitrogens with zero attached hydrogens (tertiary/aromatic N) is 2. The maximum Gasteiger partial charge on any atom is 0.275 e. The topological polar surface area (TPSA) is 82.3 Å². The van der Waals surface area contributed by atoms with E-state index in [2.05, 4.69) is 4.72 Å². The molecule has 7 nitrogen and oxygen atoms in total. The Morgan fingerprint density at radius 3 is 2.07 bits per heavy atom. The third kappa shape index (κ3) is 3.93. The summed E-state index contributed by atoms with van der Waals surface area (Å²) in [6, 6.07) is 12.9. The predicted octanol–water partition coefficient (Wildman–Crippen LogP) is 3.42. The van der Waals surface area contributed by atoms with Crippen molar-refractivity contribution in [1.82, 2.24) is 9.36 Å². The second-order valence-corrected chi connectivity index (χ2v) is 8.80. The lowest BCUT2D eigenvalue weighted by Crippen LogP contribution is -2.21. The SMILES string of the molecule is COc1ccc(NS(=O)(=O)c2ccc(-n3c(=O)c(C(C)C)c(C)n3C)cc2)cc1. The van der Waals surface area contributed by atoms with Gasteiger partial charge in [0, 0.05) is 24.0 Å². The maximum absolute atomic E-state index is 12.8. The molecule has 0 bridgehead atoms. The minimum Gasteiger partial charge on any atom is -0.497 e. The van der Waals surface area contributed by atoms with Gasteiger partial charge in [0.1, 0.15) is 5.75 Å². The predicted molar refractivity (Wildman–Crippen MR) is 114 cm³/mol. The molecule has 154 valence electrons. The normalized spacial score (nSPS) is 11.7. The zero-order valence-corrected chi connectivity index (χ0v) is 17.9. The number of sulfonamides is 1. The number of aromatic nitrogens is 2. The fourth-order valence-corrected chi connectivity index (χ4v) is 4.38. The van der Waals surface area contributed by atoms with Crippen LogP contribution in [0.5, 0.6) is 5.75 Å². The Labute approximate surface area is 170 Å². The molecular weight excluding hydrogens is 390 g/mol. The molecule has 0 radical (unpaired) electrons. The summed E-state index contributed by atoms with van der Waals surface area (Å²) >= 11 is 0. The van der Waals surface area contributed by atoms with Crippen LogP contribution >= 0.6 is 0 Å². The molecule has 0 atom stereocenters. The van der Waals surface area contributed by atoms with Crippen LogP contribution in [0.25, 0.3) is 5.69 Å². The quantitative estimate of drug-likeness (QED) is 0.669. The molecule has 3 aromatic rings. The summed E-state index contributed by atoms with van der Waals surface area (Å²) in [6.45, 7) is 5.87. The summed E-state index contributed by atoms with van der Waals surface area (Å²) in [5, 5.41) is 0. The summed E-state index contributed by atoms with van der Waals surface area (Å²) in [7, 11) is -0.390. The number of anilines is 1. The molecule has 1 N–H and O–H groups in total. The first-order chi connectivity index (χ1) is 13.7. The molecule has 8 heteroatoms. The van der Waals surface area contributed by atoms with Gasteiger partial charge in [-0.25, -0.2) is 13.1 Å². The Hall–Kier alpha value is -3.00. The lowest BCUT2D eigenvalue weighted by atomic mass is 10.0. The van der Waals surface area contributed by atoms with Crippen LogP contribution in [0.2, 0.25) is 0 Å². The third-order valence-electron chi connectivity index (χ3n) is 4.91. The second-order valence-electron chi connectivity index (χ2n) is 7.12. The molecule has 29 heavy (non-hydrogen) atoms. The van der Waals surface area contributed by atoms with Crippen molar-refractivity contribution < 1.29 is 13.2 Å². The number of nitrogens with one attached hydrogen (secondary N) is 1. The Kier molecular flexibility index (Phi) is 5.57. The van der Waals surface area contributed by atoms with Gasteiger partial charge < -0.3 is 4.74 Å². The molecule has 0 aliphatic heterocycles. The molecule has 0 saturated carbocycles. The fourth-order valence-electron chi connectivity index (χ4n) is 3.32. The zero-order valence-electron chi connectivity index (χ0n) is 17.1. The standard InChI is InChI=1S/C21H25N3O4S/c1-14(2)20-15(3)23(4)24(21(20)25)17-8-12-19(13-9-17)29(26,27)22-16-6-10-18(28-5)11-7-16/h6-14,22H,1-5H3. The third-order valence-corrected chi connectivity index (χ3v) is 6.31. The van der Waals surface area contributed by atoms with Crippen LogP contribution in [0.15, 0.2) is 58.2 Å². The number of rotatable bonds is 6. The average Bonchev–Trinajstić information content (AvgIpc) is 2.91. The minimum absolute atomic E-state index is 0.0908. The Morgan fingerprint density at radius 1 is 1.00 bits per heavy atom. The van der Waals surface area contributed by atoms with E-state index in [1.165, 1.54) is 12.1 Å². The Balaban J connectivity index is 1.92. The molecular formula is C21H25N3O4S. The molecule has 0 saturated heterocycles. The van der Waals surface area contributed by atoms with E-state index >= 15 is 0 Å². The molecule has 0 amide bonds. The average molecular weight is 416 g/mol. The highest BCUT2D eigenvalue weighted by molar-refractivity contribution is 7.92. The smallest absolute Gasteiger partial charge is 0.275 e. The van der Waals surface area contributed by atoms with Gasteiger partial charge >= 0.3 is 0 Å². The highest BCUT2D eigenvalue weighted by Crippen LogP contribution is 2.21. The van der Waals surface area contributed by atoms with Crippen molar-refractivity contribution in [1.29, 1.82) is 0 Å². The summed E-state index contributed by atoms with van der Waals surface area (Å²) in [5.74, 6) is 0.740. The summed E-state index contributed by atoms with van der Waals surface area (Å²) < 4.78 is 36.3. The summed E-state index contributed by atoms with van der Waals surface area (Å²) in [6.07, 6.45) is 0. The molecule has 0 aliphatic carbocycles. The van der Waals surface area contributed by atoms with Gasteiger partial charge in [-0.1, -0.05) is 13.8 Å². The van der Waals surface area contributed by atoms with Gasteiger partial charge in [0.2, 0.25) is 0 Å². The van der Waals surface area contributed by atoms with Crippen LogP contribution < -0.4 is 15.0 Å². The molecule has 1 aromatic heterocycles. The Bertz CT molecular complexity index is 1170. The molecule has 0 fully saturated rings. The van der Waals surface area contributed by atoms with Crippen molar-refractivity contribution in [2.75, 3.05) is 11.8 Å². The maximum atomic E-state index is 12.8. The van der Waals surface area contributed by atoms with Crippen molar-refractivity contribution >= 4 is 15.7 Å². The first kappa shape index (κ1) is 20.7. The minimum atomic E-state index is -3.75. The van der Waals surface area contributed by atoms with Crippen LogP contribution in [-0.2, 0) is 17.1 Å². The lowest BCUT2D eigenvalue weighted by molar-refractivity contribution is 0.415. The van der Waals surface area contributed by atoms with E-state index in [9.17, 15) is 13.2 Å². The zero-order chi connectivity index (χ0) is 21.3. The van der Waals surface area contributed by atoms with Gasteiger partial charge in [-0.3, -0.25) is 14.2 Å². The molecule has 3 rings (SSSR count). The monoisotopic (exact) mass is 415 g/mol. The molecule has 0 spiro atoms. The number of ether oxygens (including phenoxy) is 1. The summed E-state index contributed by atoms with van der Waals surface area (Å²) in [5.41, 5.74) is 2.60. The first-order valence-electron chi connectivity index (χ1n) is 9.21. The number of hydrogen-bond acceptors (Lipinski definition) is 4. The van der Waals surface area contributed by atoms with Gasteiger partial charge in [0.05, 0.1) is 17.7 Å². The number of methoxy groups -OCH3 is 1. The second kappa shape index (κ2) is 7.79. The van der Waals surface area contributed by atoms with Gasteiger partial charge in [-0.2, -0.15) is 0 Å². The van der Waals surface area contributed by atoms with E-state index in [0.717, 1.165) is 11.3 Å². The summed E-state index contributed by atoms with van der Waals surface area (Å²) in [4.78, 5) is 12.9. The van der Waals surface area contributed by atoms with E-state index in [1.807, 2.05) is 27.8 Å². The van der Waals surface area contributed by atoms with Gasteiger partial charge in [0.15, 0.2) is 0 Å². The van der Waals surface area contributed by atoms with Gasteiger partial charge in [-0.15, -0.1) is 0 Å². The van der Waals surface area contributed by atoms with Crippen molar-refractivity contribution in [3.05, 3.63) is 70.1 Å². The van der Waals surface area contributed by atoms with E-state index < -0.39 is 10.0 Å². The van der Waals surface area contributed by atoms with Crippen LogP contribution in [0.4, 0.5) is 5.69 Å². The van der Waals surface area contributed by atoms with E-state index in [-0.39, 0.29) is 16.4 Å². The van der Waals surface area contributed by atoms with Crippen molar-refractivity contribution in [3.63, 3.8) is 0 Å². The fraction of sp³-hybridized carbons (Fsp3) is 0.286. The largest absolute Gasteiger partial charge is 0.497 e. The highest BCUT2D eigenvalue weighted by atomic mass is 32.2. The number of benzene rings is 2. The highest BCUT2D eigenvalue weighted by Gasteiger charge is 2.19. The molecule has 2 aromatic carbocycles. The van der Waals surface area contributed by atoms with Crippen molar-refractivity contribution in [2.24, 2.45) is 7.05 Å². The first-order valence-corrected chi connectivity index (χ1v) is 10.7. The van der Waals surface area contributed by atoms with Crippen LogP contribution in [0.3, 0.4) is 0 Å². The Morgan fingerprint density at radius 2 is 1.59 bits per heavy atom. The van der Waals surface area contributed by atoms with Gasteiger partial charge in [0.25, 0.3) is 15.6 Å². The van der Waals surface area contributed by atoms with Crippen molar-refractivity contribution in [2.45, 2.75) is 31.6 Å². The van der Waals surface area contributed by atoms with Crippen LogP contribution in [0, 0.1) is 6.92 Å². The van der Waals surface area contributed by atoms with Crippen LogP contribution in [0.1, 0.15) is 31.0 Å². The lowest BCUT2D eigenvalue weighted by Gasteiger charge is -2.11. The van der Waals surface area contributed by atoms with E-state index in [4.69, 9.17) is 4.74 Å². The van der Waals surface area contributed by atoms with Gasteiger partial charge in [-0.05, 0) is 61.4 Å². The van der Waals surface area contributed by atoms with E-state index in [1.54, 1.807) is 52.9 Å². The molecule has 0 aliphatic rings. The van der Waals surface area contributed by atoms with Crippen molar-refractivity contribution in [3.8, 4) is 11.4 Å². The van der Waals surface area contributed by atoms with Crippen LogP contribution in [-0.4, -0.2) is 24.9 Å².